The SMILES string of the molecule is Cc1ccc(N=Nc2c(C(=O)O)cc(N)c(N=Nc3ccc(S(=O)(=O)CCOS(=O)(=O)O)cc3)c2N)c(S(=O)(=O)O)c1. The van der Waals surface area contributed by atoms with Crippen molar-refractivity contribution in [2.75, 3.05) is 23.8 Å². The number of nitrogens with zero attached hydrogens (tertiary/aromatic N) is 4. The standard InChI is InChI=1S/C22H22N6O11S3/c1-12-2-7-17(18(10-12)41(33,34)35)26-27-20-15(22(29)30)11-16(23)21(19(20)24)28-25-13-3-5-14(6-4-13)40(31,32)9-8-39-42(36,37)38/h2-7,10-11H,8-9,23-24H2,1H3,(H,29,30)(H,33,34,35)(H,36,37,38). The fraction of sp³-hybridized carbons (Fsp3) is 0.136. The first kappa shape index (κ1) is 32.2. The molecule has 0 heterocycles. The number of hydrogen-bond donors (Lipinski definition) is 5. The van der Waals surface area contributed by atoms with Crippen molar-refractivity contribution in [2.45, 2.75) is 16.7 Å². The van der Waals surface area contributed by atoms with Crippen molar-refractivity contribution in [2.24, 2.45) is 20.5 Å². The molecule has 224 valence electrons. The molecule has 42 heavy (non-hydrogen) atoms. The molecule has 7 N–H and O–H groups in total. The maximum atomic E-state index is 12.3. The fourth-order valence-electron chi connectivity index (χ4n) is 3.30. The van der Waals surface area contributed by atoms with Gasteiger partial charge in [-0.15, -0.1) is 15.3 Å². The minimum absolute atomic E-state index is 0.102. The van der Waals surface area contributed by atoms with Crippen molar-refractivity contribution in [1.29, 1.82) is 0 Å². The van der Waals surface area contributed by atoms with Gasteiger partial charge in [-0.25, -0.2) is 17.4 Å². The monoisotopic (exact) mass is 642 g/mol. The third-order valence-corrected chi connectivity index (χ3v) is 8.31. The molecule has 0 aliphatic carbocycles. The van der Waals surface area contributed by atoms with E-state index in [1.54, 1.807) is 6.92 Å². The molecule has 0 fully saturated rings. The van der Waals surface area contributed by atoms with Crippen LogP contribution >= 0.6 is 0 Å². The lowest BCUT2D eigenvalue weighted by Crippen LogP contribution is -2.15. The van der Waals surface area contributed by atoms with Crippen LogP contribution < -0.4 is 11.5 Å². The number of carboxylic acid groups (broad SMARTS) is 1. The van der Waals surface area contributed by atoms with E-state index >= 15 is 0 Å². The van der Waals surface area contributed by atoms with Gasteiger partial charge in [-0.3, -0.25) is 9.11 Å². The van der Waals surface area contributed by atoms with Crippen molar-refractivity contribution >= 4 is 70.4 Å². The molecule has 0 amide bonds. The summed E-state index contributed by atoms with van der Waals surface area (Å²) in [4.78, 5) is 11.0. The third kappa shape index (κ3) is 8.11. The number of carboxylic acids is 1. The van der Waals surface area contributed by atoms with E-state index in [4.69, 9.17) is 16.0 Å². The second kappa shape index (κ2) is 12.3. The van der Waals surface area contributed by atoms with Gasteiger partial charge in [0.2, 0.25) is 0 Å². The van der Waals surface area contributed by atoms with Crippen LogP contribution in [0.1, 0.15) is 15.9 Å². The molecule has 0 unspecified atom stereocenters. The van der Waals surface area contributed by atoms with Gasteiger partial charge in [0.25, 0.3) is 10.1 Å². The average molecular weight is 643 g/mol. The quantitative estimate of drug-likeness (QED) is 0.114. The van der Waals surface area contributed by atoms with E-state index in [9.17, 15) is 39.7 Å². The molecule has 0 saturated heterocycles. The van der Waals surface area contributed by atoms with Crippen LogP contribution in [0.25, 0.3) is 0 Å². The summed E-state index contributed by atoms with van der Waals surface area (Å²) < 4.78 is 91.4. The number of nitrogen functional groups attached to an aromatic ring is 2. The van der Waals surface area contributed by atoms with Crippen LogP contribution in [-0.2, 0) is 34.5 Å². The highest BCUT2D eigenvalue weighted by Gasteiger charge is 2.21. The second-order valence-corrected chi connectivity index (χ2v) is 12.9. The number of carbonyl (C=O) groups is 1. The van der Waals surface area contributed by atoms with E-state index in [0.717, 1.165) is 24.3 Å². The van der Waals surface area contributed by atoms with Crippen molar-refractivity contribution in [3.63, 3.8) is 0 Å². The number of anilines is 2. The van der Waals surface area contributed by atoms with Crippen LogP contribution in [0.2, 0.25) is 0 Å². The Morgan fingerprint density at radius 2 is 1.48 bits per heavy atom. The Bertz CT molecular complexity index is 1930. The van der Waals surface area contributed by atoms with Gasteiger partial charge in [0, 0.05) is 0 Å². The van der Waals surface area contributed by atoms with Gasteiger partial charge >= 0.3 is 16.4 Å². The molecule has 0 spiro atoms. The van der Waals surface area contributed by atoms with Gasteiger partial charge in [0.15, 0.2) is 9.84 Å². The number of rotatable bonds is 11. The van der Waals surface area contributed by atoms with Gasteiger partial charge in [0.05, 0.1) is 39.9 Å². The zero-order valence-corrected chi connectivity index (χ0v) is 23.8. The number of aryl methyl sites for hydroxylation is 1. The van der Waals surface area contributed by atoms with E-state index < -0.39 is 70.5 Å². The lowest BCUT2D eigenvalue weighted by Gasteiger charge is -2.10. The largest absolute Gasteiger partial charge is 0.478 e. The lowest BCUT2D eigenvalue weighted by molar-refractivity contribution is 0.0697. The van der Waals surface area contributed by atoms with Gasteiger partial charge in [-0.05, 0) is 55.0 Å². The molecule has 0 radical (unpaired) electrons. The summed E-state index contributed by atoms with van der Waals surface area (Å²) >= 11 is 0. The van der Waals surface area contributed by atoms with Gasteiger partial charge in [0.1, 0.15) is 22.0 Å². The number of aromatic carboxylic acids is 1. The lowest BCUT2D eigenvalue weighted by atomic mass is 10.1. The molecule has 0 atom stereocenters. The number of azo groups is 2. The first-order valence-corrected chi connectivity index (χ1v) is 15.7. The molecule has 3 aromatic carbocycles. The van der Waals surface area contributed by atoms with Crippen LogP contribution in [0.4, 0.5) is 34.1 Å². The molecule has 17 nitrogen and oxygen atoms in total. The fourth-order valence-corrected chi connectivity index (χ4v) is 5.49. The van der Waals surface area contributed by atoms with Crippen LogP contribution in [0.15, 0.2) is 78.8 Å². The average Bonchev–Trinajstić information content (AvgIpc) is 2.87. The number of sulfone groups is 1. The number of hydrogen-bond acceptors (Lipinski definition) is 14. The summed E-state index contributed by atoms with van der Waals surface area (Å²) in [6, 6.07) is 9.61. The zero-order valence-electron chi connectivity index (χ0n) is 21.3. The summed E-state index contributed by atoms with van der Waals surface area (Å²) in [5, 5.41) is 25.0. The Kier molecular flexibility index (Phi) is 9.39. The smallest absolute Gasteiger partial charge is 0.397 e. The van der Waals surface area contributed by atoms with Gasteiger partial charge < -0.3 is 16.6 Å². The van der Waals surface area contributed by atoms with Gasteiger partial charge in [-0.2, -0.15) is 21.9 Å². The van der Waals surface area contributed by atoms with E-state index in [1.165, 1.54) is 24.3 Å². The molecule has 0 aliphatic heterocycles. The van der Waals surface area contributed by atoms with Crippen molar-refractivity contribution < 1.29 is 48.4 Å². The van der Waals surface area contributed by atoms with E-state index in [1.807, 2.05) is 0 Å². The molecule has 0 saturated carbocycles. The highest BCUT2D eigenvalue weighted by atomic mass is 32.3. The minimum Gasteiger partial charge on any atom is -0.478 e. The molecular formula is C22H22N6O11S3. The van der Waals surface area contributed by atoms with Crippen molar-refractivity contribution in [3.8, 4) is 0 Å². The third-order valence-electron chi connectivity index (χ3n) is 5.27. The topological polar surface area (TPSA) is 291 Å². The first-order chi connectivity index (χ1) is 19.4. The molecule has 0 aliphatic rings. The predicted molar refractivity (Wildman–Crippen MR) is 148 cm³/mol. The maximum Gasteiger partial charge on any atom is 0.397 e. The Morgan fingerprint density at radius 3 is 2.05 bits per heavy atom. The maximum absolute atomic E-state index is 12.3. The summed E-state index contributed by atoms with van der Waals surface area (Å²) in [5.74, 6) is -2.24. The van der Waals surface area contributed by atoms with E-state index in [0.29, 0.717) is 5.56 Å². The zero-order chi connectivity index (χ0) is 31.5. The Morgan fingerprint density at radius 1 is 0.857 bits per heavy atom. The Labute approximate surface area is 239 Å². The summed E-state index contributed by atoms with van der Waals surface area (Å²) in [6.45, 7) is 0.761. The van der Waals surface area contributed by atoms with Crippen LogP contribution in [0, 0.1) is 6.92 Å². The van der Waals surface area contributed by atoms with Gasteiger partial charge in [-0.1, -0.05) is 6.07 Å². The summed E-state index contributed by atoms with van der Waals surface area (Å²) in [6.07, 6.45) is 0. The number of benzene rings is 3. The van der Waals surface area contributed by atoms with Crippen LogP contribution in [0.5, 0.6) is 0 Å². The van der Waals surface area contributed by atoms with Crippen molar-refractivity contribution in [1.82, 2.24) is 0 Å². The Balaban J connectivity index is 1.96. The summed E-state index contributed by atoms with van der Waals surface area (Å²) in [7, 11) is -13.5. The molecule has 20 heteroatoms. The highest BCUT2D eigenvalue weighted by molar-refractivity contribution is 7.91. The molecule has 3 rings (SSSR count). The molecule has 0 bridgehead atoms. The molecule has 3 aromatic rings. The predicted octanol–water partition coefficient (Wildman–Crippen LogP) is 3.53. The Hall–Kier alpha value is -4.34. The molecular weight excluding hydrogens is 620 g/mol. The normalized spacial score (nSPS) is 12.7. The molecule has 0 aromatic heterocycles. The van der Waals surface area contributed by atoms with E-state index in [2.05, 4.69) is 24.6 Å². The second-order valence-electron chi connectivity index (χ2n) is 8.34. The highest BCUT2D eigenvalue weighted by Crippen LogP contribution is 2.42. The van der Waals surface area contributed by atoms with E-state index in [-0.39, 0.29) is 27.6 Å². The first-order valence-electron chi connectivity index (χ1n) is 11.2. The summed E-state index contributed by atoms with van der Waals surface area (Å²) in [5.41, 5.74) is 10.5. The van der Waals surface area contributed by atoms with Crippen LogP contribution in [0.3, 0.4) is 0 Å². The van der Waals surface area contributed by atoms with Crippen molar-refractivity contribution in [3.05, 3.63) is 59.7 Å². The van der Waals surface area contributed by atoms with Crippen LogP contribution in [-0.4, -0.2) is 57.8 Å². The number of nitrogens with two attached hydrogens (primary N) is 2. The minimum atomic E-state index is -4.81.